The topological polar surface area (TPSA) is 20.2 Å². The number of phenols is 1. The molecule has 0 spiro atoms. The van der Waals surface area contributed by atoms with Crippen LogP contribution >= 0.6 is 0 Å². The summed E-state index contributed by atoms with van der Waals surface area (Å²) in [6, 6.07) is 14.3. The lowest BCUT2D eigenvalue weighted by Gasteiger charge is -2.15. The molecule has 0 heterocycles. The van der Waals surface area contributed by atoms with Gasteiger partial charge in [-0.25, -0.2) is 0 Å². The zero-order chi connectivity index (χ0) is 12.4. The van der Waals surface area contributed by atoms with E-state index in [-0.39, 0.29) is 0 Å². The van der Waals surface area contributed by atoms with E-state index in [1.54, 1.807) is 0 Å². The maximum atomic E-state index is 9.82. The van der Waals surface area contributed by atoms with E-state index in [1.807, 2.05) is 31.2 Å². The average Bonchev–Trinajstić information content (AvgIpc) is 2.33. The summed E-state index contributed by atoms with van der Waals surface area (Å²) in [6.07, 6.45) is 0. The van der Waals surface area contributed by atoms with Crippen LogP contribution in [0, 0.1) is 6.92 Å². The first-order chi connectivity index (χ1) is 8.09. The van der Waals surface area contributed by atoms with E-state index in [9.17, 15) is 5.11 Å². The minimum Gasteiger partial charge on any atom is -0.508 e. The lowest BCUT2D eigenvalue weighted by Crippen LogP contribution is -1.93. The second kappa shape index (κ2) is 4.62. The van der Waals surface area contributed by atoms with Crippen molar-refractivity contribution in [1.29, 1.82) is 0 Å². The molecule has 1 nitrogen and oxygen atoms in total. The normalized spacial score (nSPS) is 10.8. The molecule has 17 heavy (non-hydrogen) atoms. The zero-order valence-electron chi connectivity index (χ0n) is 10.6. The molecule has 0 aromatic heterocycles. The van der Waals surface area contributed by atoms with Gasteiger partial charge in [-0.3, -0.25) is 0 Å². The van der Waals surface area contributed by atoms with Crippen molar-refractivity contribution in [2.24, 2.45) is 0 Å². The van der Waals surface area contributed by atoms with Gasteiger partial charge in [0.1, 0.15) is 5.75 Å². The van der Waals surface area contributed by atoms with Gasteiger partial charge in [0.2, 0.25) is 0 Å². The van der Waals surface area contributed by atoms with Crippen molar-refractivity contribution in [2.75, 3.05) is 0 Å². The number of hydrogen-bond donors (Lipinski definition) is 1. The van der Waals surface area contributed by atoms with Gasteiger partial charge in [-0.2, -0.15) is 0 Å². The SMILES string of the molecule is Cc1cc(-c2ccccc2)c(C(C)C)cc1O. The van der Waals surface area contributed by atoms with Crippen molar-refractivity contribution < 1.29 is 5.11 Å². The molecule has 0 unspecified atom stereocenters. The Kier molecular flexibility index (Phi) is 3.19. The first-order valence-corrected chi connectivity index (χ1v) is 5.98. The molecule has 0 aliphatic carbocycles. The van der Waals surface area contributed by atoms with Gasteiger partial charge in [-0.15, -0.1) is 0 Å². The van der Waals surface area contributed by atoms with Gasteiger partial charge in [0.05, 0.1) is 0 Å². The van der Waals surface area contributed by atoms with Crippen molar-refractivity contribution in [3.05, 3.63) is 53.6 Å². The Hall–Kier alpha value is -1.76. The van der Waals surface area contributed by atoms with Crippen LogP contribution in [0.1, 0.15) is 30.9 Å². The maximum absolute atomic E-state index is 9.82. The highest BCUT2D eigenvalue weighted by molar-refractivity contribution is 5.70. The standard InChI is InChI=1S/C16H18O/c1-11(2)14-10-16(17)12(3)9-15(14)13-7-5-4-6-8-13/h4-11,17H,1-3H3. The fourth-order valence-corrected chi connectivity index (χ4v) is 2.06. The average molecular weight is 226 g/mol. The first kappa shape index (κ1) is 11.7. The van der Waals surface area contributed by atoms with E-state index in [4.69, 9.17) is 0 Å². The van der Waals surface area contributed by atoms with Crippen LogP contribution in [0.15, 0.2) is 42.5 Å². The third-order valence-electron chi connectivity index (χ3n) is 3.07. The Balaban J connectivity index is 2.64. The van der Waals surface area contributed by atoms with Crippen LogP contribution in [0.2, 0.25) is 0 Å². The Morgan fingerprint density at radius 2 is 1.65 bits per heavy atom. The highest BCUT2D eigenvalue weighted by Gasteiger charge is 2.11. The van der Waals surface area contributed by atoms with Crippen molar-refractivity contribution in [3.63, 3.8) is 0 Å². The second-order valence-corrected chi connectivity index (χ2v) is 4.75. The minimum absolute atomic E-state index is 0.383. The summed E-state index contributed by atoms with van der Waals surface area (Å²) < 4.78 is 0. The first-order valence-electron chi connectivity index (χ1n) is 5.98. The highest BCUT2D eigenvalue weighted by atomic mass is 16.3. The molecule has 88 valence electrons. The molecule has 0 saturated carbocycles. The molecule has 0 fully saturated rings. The molecule has 1 heteroatoms. The molecule has 0 saturated heterocycles. The molecule has 2 aromatic rings. The van der Waals surface area contributed by atoms with E-state index >= 15 is 0 Å². The van der Waals surface area contributed by atoms with Crippen molar-refractivity contribution in [3.8, 4) is 16.9 Å². The molecule has 0 atom stereocenters. The molecule has 2 rings (SSSR count). The van der Waals surface area contributed by atoms with Crippen molar-refractivity contribution in [1.82, 2.24) is 0 Å². The molecule has 0 aliphatic rings. The number of aryl methyl sites for hydroxylation is 1. The van der Waals surface area contributed by atoms with Gasteiger partial charge in [-0.1, -0.05) is 44.2 Å². The van der Waals surface area contributed by atoms with Crippen LogP contribution in [-0.2, 0) is 0 Å². The van der Waals surface area contributed by atoms with E-state index < -0.39 is 0 Å². The summed E-state index contributed by atoms with van der Waals surface area (Å²) in [4.78, 5) is 0. The number of rotatable bonds is 2. The van der Waals surface area contributed by atoms with Gasteiger partial charge < -0.3 is 5.11 Å². The lowest BCUT2D eigenvalue weighted by molar-refractivity contribution is 0.470. The van der Waals surface area contributed by atoms with Gasteiger partial charge >= 0.3 is 0 Å². The minimum atomic E-state index is 0.383. The fourth-order valence-electron chi connectivity index (χ4n) is 2.06. The van der Waals surface area contributed by atoms with E-state index in [1.165, 1.54) is 16.7 Å². The smallest absolute Gasteiger partial charge is 0.118 e. The largest absolute Gasteiger partial charge is 0.508 e. The summed E-state index contributed by atoms with van der Waals surface area (Å²) in [5.41, 5.74) is 4.54. The molecule has 0 bridgehead atoms. The van der Waals surface area contributed by atoms with Gasteiger partial charge in [0, 0.05) is 0 Å². The zero-order valence-corrected chi connectivity index (χ0v) is 10.6. The van der Waals surface area contributed by atoms with Gasteiger partial charge in [0.25, 0.3) is 0 Å². The summed E-state index contributed by atoms with van der Waals surface area (Å²) in [6.45, 7) is 6.24. The summed E-state index contributed by atoms with van der Waals surface area (Å²) in [5.74, 6) is 0.782. The van der Waals surface area contributed by atoms with Crippen LogP contribution in [-0.4, -0.2) is 5.11 Å². The molecule has 0 aliphatic heterocycles. The highest BCUT2D eigenvalue weighted by Crippen LogP contribution is 2.33. The van der Waals surface area contributed by atoms with Crippen LogP contribution in [0.25, 0.3) is 11.1 Å². The van der Waals surface area contributed by atoms with E-state index in [0.717, 1.165) is 5.56 Å². The van der Waals surface area contributed by atoms with Gasteiger partial charge in [-0.05, 0) is 47.2 Å². The van der Waals surface area contributed by atoms with Crippen LogP contribution in [0.3, 0.4) is 0 Å². The van der Waals surface area contributed by atoms with E-state index in [0.29, 0.717) is 11.7 Å². The maximum Gasteiger partial charge on any atom is 0.118 e. The Morgan fingerprint density at radius 1 is 1.00 bits per heavy atom. The Labute approximate surface area is 103 Å². The summed E-state index contributed by atoms with van der Waals surface area (Å²) in [7, 11) is 0. The summed E-state index contributed by atoms with van der Waals surface area (Å²) in [5, 5.41) is 9.82. The molecule has 0 radical (unpaired) electrons. The van der Waals surface area contributed by atoms with Crippen LogP contribution in [0.5, 0.6) is 5.75 Å². The van der Waals surface area contributed by atoms with Crippen LogP contribution in [0.4, 0.5) is 0 Å². The predicted octanol–water partition coefficient (Wildman–Crippen LogP) is 4.49. The van der Waals surface area contributed by atoms with Crippen molar-refractivity contribution >= 4 is 0 Å². The molecule has 1 N–H and O–H groups in total. The molecular weight excluding hydrogens is 208 g/mol. The monoisotopic (exact) mass is 226 g/mol. The van der Waals surface area contributed by atoms with Gasteiger partial charge in [0.15, 0.2) is 0 Å². The van der Waals surface area contributed by atoms with Crippen LogP contribution < -0.4 is 0 Å². The number of benzene rings is 2. The Bertz CT molecular complexity index is 513. The Morgan fingerprint density at radius 3 is 2.24 bits per heavy atom. The number of phenolic OH excluding ortho intramolecular Hbond substituents is 1. The number of hydrogen-bond acceptors (Lipinski definition) is 1. The lowest BCUT2D eigenvalue weighted by atomic mass is 9.91. The number of aromatic hydroxyl groups is 1. The molecule has 0 amide bonds. The molecule has 2 aromatic carbocycles. The third kappa shape index (κ3) is 2.33. The predicted molar refractivity (Wildman–Crippen MR) is 72.4 cm³/mol. The molecular formula is C16H18O. The van der Waals surface area contributed by atoms with E-state index in [2.05, 4.69) is 32.0 Å². The fraction of sp³-hybridized carbons (Fsp3) is 0.250. The second-order valence-electron chi connectivity index (χ2n) is 4.75. The third-order valence-corrected chi connectivity index (χ3v) is 3.07. The quantitative estimate of drug-likeness (QED) is 0.799. The summed E-state index contributed by atoms with van der Waals surface area (Å²) >= 11 is 0. The van der Waals surface area contributed by atoms with Crippen molar-refractivity contribution in [2.45, 2.75) is 26.7 Å².